The number of carbonyl (C=O) groups excluding carboxylic acids is 3. The molecule has 5 rings (SSSR count). The van der Waals surface area contributed by atoms with Gasteiger partial charge in [0.1, 0.15) is 5.82 Å². The molecule has 1 heterocycles. The van der Waals surface area contributed by atoms with Crippen molar-refractivity contribution in [1.82, 2.24) is 10.2 Å². The molecular weight excluding hydrogens is 507 g/mol. The Balaban J connectivity index is 1.33. The van der Waals surface area contributed by atoms with Gasteiger partial charge in [0.15, 0.2) is 0 Å². The van der Waals surface area contributed by atoms with Crippen LogP contribution >= 0.6 is 0 Å². The number of carbonyl (C=O) groups is 3. The normalized spacial score (nSPS) is 15.7. The molecule has 0 bridgehead atoms. The molecule has 1 aliphatic carbocycles. The Morgan fingerprint density at radius 2 is 1.62 bits per heavy atom. The Hall–Kier alpha value is -4.20. The maximum atomic E-state index is 13.5. The van der Waals surface area contributed by atoms with Crippen LogP contribution in [0.25, 0.3) is 0 Å². The summed E-state index contributed by atoms with van der Waals surface area (Å²) in [7, 11) is 0. The lowest BCUT2D eigenvalue weighted by Gasteiger charge is -2.27. The Bertz CT molecular complexity index is 1370. The van der Waals surface area contributed by atoms with E-state index in [1.54, 1.807) is 18.2 Å². The smallest absolute Gasteiger partial charge is 0.253 e. The van der Waals surface area contributed by atoms with E-state index in [0.29, 0.717) is 43.0 Å². The molecule has 0 atom stereocenters. The van der Waals surface area contributed by atoms with E-state index in [0.717, 1.165) is 42.5 Å². The maximum absolute atomic E-state index is 13.5. The average molecular weight is 543 g/mol. The number of anilines is 2. The van der Waals surface area contributed by atoms with E-state index in [2.05, 4.69) is 15.5 Å². The van der Waals surface area contributed by atoms with Crippen LogP contribution < -0.4 is 15.5 Å². The zero-order valence-corrected chi connectivity index (χ0v) is 22.8. The van der Waals surface area contributed by atoms with Crippen molar-refractivity contribution in [3.63, 3.8) is 0 Å². The van der Waals surface area contributed by atoms with Gasteiger partial charge in [-0.3, -0.25) is 14.4 Å². The van der Waals surface area contributed by atoms with E-state index >= 15 is 0 Å². The summed E-state index contributed by atoms with van der Waals surface area (Å²) < 4.78 is 13.3. The minimum Gasteiger partial charge on any atom is -0.369 e. The quantitative estimate of drug-likeness (QED) is 0.433. The van der Waals surface area contributed by atoms with Crippen LogP contribution in [0, 0.1) is 18.7 Å². The Kier molecular flexibility index (Phi) is 8.43. The van der Waals surface area contributed by atoms with Crippen molar-refractivity contribution in [1.29, 1.82) is 0 Å². The zero-order chi connectivity index (χ0) is 28.1. The van der Waals surface area contributed by atoms with Crippen LogP contribution in [0.3, 0.4) is 0 Å². The standard InChI is InChI=1S/C32H35FN4O3/c1-22-6-10-25(11-7-22)32(40)37-17-3-16-36(18-19-37)29-15-14-27(35-30(38)24-4-2-5-24)20-28(29)31(39)34-21-23-8-12-26(33)13-9-23/h6-15,20,24H,2-5,16-19,21H2,1H3,(H,34,39)(H,35,38). The molecule has 2 N–H and O–H groups in total. The summed E-state index contributed by atoms with van der Waals surface area (Å²) in [6, 6.07) is 19.1. The van der Waals surface area contributed by atoms with Gasteiger partial charge in [-0.2, -0.15) is 0 Å². The van der Waals surface area contributed by atoms with Crippen LogP contribution in [0.1, 0.15) is 57.5 Å². The van der Waals surface area contributed by atoms with Gasteiger partial charge in [-0.25, -0.2) is 4.39 Å². The van der Waals surface area contributed by atoms with Crippen molar-refractivity contribution in [2.75, 3.05) is 36.4 Å². The van der Waals surface area contributed by atoms with Gasteiger partial charge in [-0.1, -0.05) is 36.2 Å². The van der Waals surface area contributed by atoms with Gasteiger partial charge in [0.2, 0.25) is 5.91 Å². The minimum absolute atomic E-state index is 0.00756. The number of rotatable bonds is 7. The summed E-state index contributed by atoms with van der Waals surface area (Å²) in [5.74, 6) is -0.595. The molecule has 0 spiro atoms. The first kappa shape index (κ1) is 27.4. The summed E-state index contributed by atoms with van der Waals surface area (Å²) in [6.07, 6.45) is 3.60. The summed E-state index contributed by atoms with van der Waals surface area (Å²) in [5.41, 5.74) is 4.35. The number of aryl methyl sites for hydroxylation is 1. The molecule has 7 nitrogen and oxygen atoms in total. The predicted octanol–water partition coefficient (Wildman–Crippen LogP) is 5.16. The van der Waals surface area contributed by atoms with Crippen LogP contribution in [-0.2, 0) is 11.3 Å². The molecule has 0 unspecified atom stereocenters. The number of halogens is 1. The lowest BCUT2D eigenvalue weighted by atomic mass is 9.85. The second kappa shape index (κ2) is 12.3. The van der Waals surface area contributed by atoms with Crippen LogP contribution in [0.4, 0.5) is 15.8 Å². The number of hydrogen-bond donors (Lipinski definition) is 2. The number of amides is 3. The van der Waals surface area contributed by atoms with Gasteiger partial charge in [0.25, 0.3) is 11.8 Å². The van der Waals surface area contributed by atoms with Crippen molar-refractivity contribution >= 4 is 29.1 Å². The Morgan fingerprint density at radius 3 is 2.33 bits per heavy atom. The van der Waals surface area contributed by atoms with Crippen molar-refractivity contribution in [3.05, 3.63) is 94.8 Å². The molecule has 40 heavy (non-hydrogen) atoms. The van der Waals surface area contributed by atoms with E-state index in [-0.39, 0.29) is 36.0 Å². The molecule has 1 saturated heterocycles. The second-order valence-electron chi connectivity index (χ2n) is 10.7. The first-order valence-corrected chi connectivity index (χ1v) is 14.0. The highest BCUT2D eigenvalue weighted by Gasteiger charge is 2.27. The molecular formula is C32H35FN4O3. The third kappa shape index (κ3) is 6.50. The highest BCUT2D eigenvalue weighted by Crippen LogP contribution is 2.30. The van der Waals surface area contributed by atoms with E-state index < -0.39 is 0 Å². The molecule has 0 radical (unpaired) electrons. The van der Waals surface area contributed by atoms with Gasteiger partial charge in [-0.15, -0.1) is 0 Å². The first-order chi connectivity index (χ1) is 19.4. The van der Waals surface area contributed by atoms with Gasteiger partial charge in [0, 0.05) is 55.6 Å². The third-order valence-electron chi connectivity index (χ3n) is 7.77. The van der Waals surface area contributed by atoms with Gasteiger partial charge < -0.3 is 20.4 Å². The molecule has 2 fully saturated rings. The summed E-state index contributed by atoms with van der Waals surface area (Å²) in [4.78, 5) is 43.2. The number of nitrogens with one attached hydrogen (secondary N) is 2. The monoisotopic (exact) mass is 542 g/mol. The van der Waals surface area contributed by atoms with E-state index in [4.69, 9.17) is 0 Å². The average Bonchev–Trinajstić information content (AvgIpc) is 3.18. The molecule has 3 amide bonds. The Labute approximate surface area is 234 Å². The first-order valence-electron chi connectivity index (χ1n) is 14.0. The predicted molar refractivity (Wildman–Crippen MR) is 154 cm³/mol. The molecule has 3 aromatic rings. The summed E-state index contributed by atoms with van der Waals surface area (Å²) in [6.45, 7) is 4.66. The minimum atomic E-state index is -0.330. The van der Waals surface area contributed by atoms with E-state index in [1.807, 2.05) is 48.2 Å². The van der Waals surface area contributed by atoms with Crippen molar-refractivity contribution in [2.45, 2.75) is 39.2 Å². The number of hydrogen-bond acceptors (Lipinski definition) is 4. The molecule has 2 aliphatic rings. The van der Waals surface area contributed by atoms with Crippen LogP contribution in [0.2, 0.25) is 0 Å². The van der Waals surface area contributed by atoms with E-state index in [1.165, 1.54) is 12.1 Å². The van der Waals surface area contributed by atoms with E-state index in [9.17, 15) is 18.8 Å². The molecule has 0 aromatic heterocycles. The van der Waals surface area contributed by atoms with Crippen LogP contribution in [0.5, 0.6) is 0 Å². The van der Waals surface area contributed by atoms with Crippen molar-refractivity contribution < 1.29 is 18.8 Å². The number of nitrogens with zero attached hydrogens (tertiary/aromatic N) is 2. The maximum Gasteiger partial charge on any atom is 0.253 e. The summed E-state index contributed by atoms with van der Waals surface area (Å²) >= 11 is 0. The lowest BCUT2D eigenvalue weighted by molar-refractivity contribution is -0.122. The van der Waals surface area contributed by atoms with Crippen molar-refractivity contribution in [2.24, 2.45) is 5.92 Å². The fourth-order valence-corrected chi connectivity index (χ4v) is 5.11. The fourth-order valence-electron chi connectivity index (χ4n) is 5.11. The highest BCUT2D eigenvalue weighted by atomic mass is 19.1. The lowest BCUT2D eigenvalue weighted by Crippen LogP contribution is -2.36. The van der Waals surface area contributed by atoms with Gasteiger partial charge in [-0.05, 0) is 74.2 Å². The molecule has 8 heteroatoms. The second-order valence-corrected chi connectivity index (χ2v) is 10.7. The third-order valence-corrected chi connectivity index (χ3v) is 7.77. The largest absolute Gasteiger partial charge is 0.369 e. The van der Waals surface area contributed by atoms with Crippen molar-refractivity contribution in [3.8, 4) is 0 Å². The Morgan fingerprint density at radius 1 is 0.875 bits per heavy atom. The van der Waals surface area contributed by atoms with Crippen LogP contribution in [0.15, 0.2) is 66.7 Å². The number of benzene rings is 3. The topological polar surface area (TPSA) is 81.8 Å². The molecule has 1 aliphatic heterocycles. The fraction of sp³-hybridized carbons (Fsp3) is 0.344. The van der Waals surface area contributed by atoms with Gasteiger partial charge in [0.05, 0.1) is 5.56 Å². The zero-order valence-electron chi connectivity index (χ0n) is 22.8. The molecule has 1 saturated carbocycles. The SMILES string of the molecule is Cc1ccc(C(=O)N2CCCN(c3ccc(NC(=O)C4CCC4)cc3C(=O)NCc3ccc(F)cc3)CC2)cc1. The summed E-state index contributed by atoms with van der Waals surface area (Å²) in [5, 5.41) is 5.92. The molecule has 208 valence electrons. The molecule has 3 aromatic carbocycles. The highest BCUT2D eigenvalue weighted by molar-refractivity contribution is 6.02. The van der Waals surface area contributed by atoms with Crippen LogP contribution in [-0.4, -0.2) is 48.8 Å². The van der Waals surface area contributed by atoms with Gasteiger partial charge >= 0.3 is 0 Å².